The van der Waals surface area contributed by atoms with Gasteiger partial charge in [0.25, 0.3) is 0 Å². The summed E-state index contributed by atoms with van der Waals surface area (Å²) in [6.07, 6.45) is 0.611. The quantitative estimate of drug-likeness (QED) is 0.584. The van der Waals surface area contributed by atoms with Gasteiger partial charge in [0.15, 0.2) is 9.84 Å². The summed E-state index contributed by atoms with van der Waals surface area (Å²) in [6.45, 7) is 0. The Labute approximate surface area is 87.6 Å². The van der Waals surface area contributed by atoms with E-state index in [9.17, 15) is 13.2 Å². The molecule has 0 heterocycles. The number of hydrogen-bond acceptors (Lipinski definition) is 3. The summed E-state index contributed by atoms with van der Waals surface area (Å²) in [5.74, 6) is -0.0650. The molecule has 0 fully saturated rings. The van der Waals surface area contributed by atoms with E-state index in [-0.39, 0.29) is 16.5 Å². The molecular weight excluding hydrogens is 224 g/mol. The van der Waals surface area contributed by atoms with E-state index in [2.05, 4.69) is 0 Å². The first-order valence-electron chi connectivity index (χ1n) is 3.94. The van der Waals surface area contributed by atoms with E-state index in [1.165, 1.54) is 18.2 Å². The van der Waals surface area contributed by atoms with E-state index < -0.39 is 9.84 Å². The number of alkyl halides is 1. The van der Waals surface area contributed by atoms with Gasteiger partial charge in [0.2, 0.25) is 0 Å². The van der Waals surface area contributed by atoms with E-state index in [1.807, 2.05) is 0 Å². The molecule has 0 aliphatic rings. The monoisotopic (exact) mass is 232 g/mol. The Morgan fingerprint density at radius 3 is 2.64 bits per heavy atom. The van der Waals surface area contributed by atoms with Gasteiger partial charge in [0.05, 0.1) is 10.6 Å². The average Bonchev–Trinajstić information content (AvgIpc) is 2.18. The van der Waals surface area contributed by atoms with Crippen LogP contribution in [0.3, 0.4) is 0 Å². The molecule has 0 spiro atoms. The molecular formula is C9H9ClO3S. The van der Waals surface area contributed by atoms with Gasteiger partial charge in [-0.25, -0.2) is 8.42 Å². The number of benzene rings is 1. The number of hydrogen-bond donors (Lipinski definition) is 0. The number of sulfone groups is 1. The van der Waals surface area contributed by atoms with Gasteiger partial charge in [0, 0.05) is 11.4 Å². The smallest absolute Gasteiger partial charge is 0.179 e. The van der Waals surface area contributed by atoms with Crippen LogP contribution in [0.2, 0.25) is 0 Å². The zero-order valence-corrected chi connectivity index (χ0v) is 8.88. The van der Waals surface area contributed by atoms with Crippen LogP contribution in [0.25, 0.3) is 0 Å². The lowest BCUT2D eigenvalue weighted by Gasteiger charge is -2.01. The normalized spacial score (nSPS) is 11.2. The van der Waals surface area contributed by atoms with E-state index in [0.717, 1.165) is 0 Å². The largest absolute Gasteiger partial charge is 0.298 e. The first kappa shape index (κ1) is 11.2. The van der Waals surface area contributed by atoms with Crippen molar-refractivity contribution in [1.29, 1.82) is 0 Å². The van der Waals surface area contributed by atoms with E-state index >= 15 is 0 Å². The van der Waals surface area contributed by atoms with Crippen LogP contribution in [0, 0.1) is 0 Å². The minimum absolute atomic E-state index is 0.0493. The second-order valence-corrected chi connectivity index (χ2v) is 5.19. The van der Waals surface area contributed by atoms with Crippen molar-refractivity contribution in [2.45, 2.75) is 4.90 Å². The molecule has 5 heteroatoms. The van der Waals surface area contributed by atoms with E-state index in [4.69, 9.17) is 11.6 Å². The maximum atomic E-state index is 11.5. The lowest BCUT2D eigenvalue weighted by Crippen LogP contribution is -2.08. The van der Waals surface area contributed by atoms with Crippen LogP contribution in [-0.2, 0) is 9.84 Å². The van der Waals surface area contributed by atoms with Gasteiger partial charge in [-0.2, -0.15) is 0 Å². The van der Waals surface area contributed by atoms with Crippen molar-refractivity contribution in [3.8, 4) is 0 Å². The molecule has 3 nitrogen and oxygen atoms in total. The molecule has 0 aliphatic heterocycles. The van der Waals surface area contributed by atoms with Gasteiger partial charge in [0.1, 0.15) is 6.29 Å². The highest BCUT2D eigenvalue weighted by Gasteiger charge is 2.13. The van der Waals surface area contributed by atoms with Crippen LogP contribution in [-0.4, -0.2) is 26.3 Å². The summed E-state index contributed by atoms with van der Waals surface area (Å²) < 4.78 is 23.0. The van der Waals surface area contributed by atoms with Gasteiger partial charge in [-0.05, 0) is 12.1 Å². The number of halogens is 1. The van der Waals surface area contributed by atoms with Crippen LogP contribution >= 0.6 is 11.6 Å². The molecule has 0 aliphatic carbocycles. The standard InChI is InChI=1S/C9H9ClO3S/c10-4-5-14(12,13)9-3-1-2-8(6-9)7-11/h1-3,6-7H,4-5H2. The van der Waals surface area contributed by atoms with Crippen molar-refractivity contribution in [3.63, 3.8) is 0 Å². The molecule has 0 N–H and O–H groups in total. The predicted octanol–water partition coefficient (Wildman–Crippen LogP) is 1.51. The van der Waals surface area contributed by atoms with Gasteiger partial charge in [-0.15, -0.1) is 11.6 Å². The van der Waals surface area contributed by atoms with E-state index in [0.29, 0.717) is 11.8 Å². The van der Waals surface area contributed by atoms with Gasteiger partial charge in [-0.1, -0.05) is 12.1 Å². The maximum absolute atomic E-state index is 11.5. The minimum atomic E-state index is -3.33. The first-order chi connectivity index (χ1) is 6.60. The summed E-state index contributed by atoms with van der Waals surface area (Å²) in [4.78, 5) is 10.6. The molecule has 0 atom stereocenters. The highest BCUT2D eigenvalue weighted by molar-refractivity contribution is 7.91. The van der Waals surface area contributed by atoms with Crippen LogP contribution in [0.5, 0.6) is 0 Å². The molecule has 0 aromatic heterocycles. The highest BCUT2D eigenvalue weighted by atomic mass is 35.5. The van der Waals surface area contributed by atoms with Crippen LogP contribution < -0.4 is 0 Å². The average molecular weight is 233 g/mol. The number of aldehydes is 1. The van der Waals surface area contributed by atoms with Crippen molar-refractivity contribution in [3.05, 3.63) is 29.8 Å². The van der Waals surface area contributed by atoms with Crippen LogP contribution in [0.15, 0.2) is 29.2 Å². The molecule has 0 radical (unpaired) electrons. The highest BCUT2D eigenvalue weighted by Crippen LogP contribution is 2.12. The molecule has 0 saturated heterocycles. The fraction of sp³-hybridized carbons (Fsp3) is 0.222. The Bertz CT molecular complexity index is 425. The summed E-state index contributed by atoms with van der Waals surface area (Å²) in [5, 5.41) is 0. The summed E-state index contributed by atoms with van der Waals surface area (Å²) in [5.41, 5.74) is 0.348. The van der Waals surface area contributed by atoms with Crippen molar-refractivity contribution in [2.75, 3.05) is 11.6 Å². The molecule has 1 aromatic carbocycles. The molecule has 14 heavy (non-hydrogen) atoms. The number of rotatable bonds is 4. The third-order valence-electron chi connectivity index (χ3n) is 1.70. The summed E-state index contributed by atoms with van der Waals surface area (Å²) in [6, 6.07) is 5.88. The molecule has 0 amide bonds. The van der Waals surface area contributed by atoms with Crippen LogP contribution in [0.1, 0.15) is 10.4 Å². The Balaban J connectivity index is 3.13. The Morgan fingerprint density at radius 1 is 1.36 bits per heavy atom. The SMILES string of the molecule is O=Cc1cccc(S(=O)(=O)CCCl)c1. The van der Waals surface area contributed by atoms with E-state index in [1.54, 1.807) is 6.07 Å². The molecule has 0 unspecified atom stereocenters. The molecule has 0 bridgehead atoms. The Hall–Kier alpha value is -0.870. The minimum Gasteiger partial charge on any atom is -0.298 e. The first-order valence-corrected chi connectivity index (χ1v) is 6.13. The van der Waals surface area contributed by atoms with Crippen LogP contribution in [0.4, 0.5) is 0 Å². The fourth-order valence-corrected chi connectivity index (χ4v) is 2.65. The van der Waals surface area contributed by atoms with Gasteiger partial charge >= 0.3 is 0 Å². The Kier molecular flexibility index (Phi) is 3.66. The van der Waals surface area contributed by atoms with Crippen molar-refractivity contribution >= 4 is 27.7 Å². The topological polar surface area (TPSA) is 51.2 Å². The zero-order valence-electron chi connectivity index (χ0n) is 7.31. The third-order valence-corrected chi connectivity index (χ3v) is 3.83. The maximum Gasteiger partial charge on any atom is 0.179 e. The second kappa shape index (κ2) is 4.57. The van der Waals surface area contributed by atoms with Gasteiger partial charge < -0.3 is 0 Å². The molecule has 1 rings (SSSR count). The number of carbonyl (C=O) groups is 1. The predicted molar refractivity (Wildman–Crippen MR) is 54.6 cm³/mol. The van der Waals surface area contributed by atoms with Crippen molar-refractivity contribution in [2.24, 2.45) is 0 Å². The lowest BCUT2D eigenvalue weighted by atomic mass is 10.2. The number of carbonyl (C=O) groups excluding carboxylic acids is 1. The Morgan fingerprint density at radius 2 is 2.07 bits per heavy atom. The lowest BCUT2D eigenvalue weighted by molar-refractivity contribution is 0.112. The third kappa shape index (κ3) is 2.56. The zero-order chi connectivity index (χ0) is 10.6. The molecule has 76 valence electrons. The summed E-state index contributed by atoms with van der Waals surface area (Å²) in [7, 11) is -3.33. The molecule has 1 aromatic rings. The van der Waals surface area contributed by atoms with Crippen molar-refractivity contribution < 1.29 is 13.2 Å². The van der Waals surface area contributed by atoms with Gasteiger partial charge in [-0.3, -0.25) is 4.79 Å². The fourth-order valence-electron chi connectivity index (χ4n) is 1.00. The summed E-state index contributed by atoms with van der Waals surface area (Å²) >= 11 is 5.36. The second-order valence-electron chi connectivity index (χ2n) is 2.70. The molecule has 0 saturated carbocycles. The van der Waals surface area contributed by atoms with Crippen molar-refractivity contribution in [1.82, 2.24) is 0 Å².